The van der Waals surface area contributed by atoms with E-state index in [9.17, 15) is 9.59 Å². The molecule has 0 aliphatic carbocycles. The van der Waals surface area contributed by atoms with Gasteiger partial charge in [0.1, 0.15) is 5.75 Å². The summed E-state index contributed by atoms with van der Waals surface area (Å²) in [6, 6.07) is 24.7. The highest BCUT2D eigenvalue weighted by Gasteiger charge is 2.06. The van der Waals surface area contributed by atoms with Gasteiger partial charge in [0.15, 0.2) is 6.61 Å². The molecule has 2 amide bonds. The van der Waals surface area contributed by atoms with Gasteiger partial charge >= 0.3 is 0 Å². The van der Waals surface area contributed by atoms with Crippen molar-refractivity contribution in [2.24, 2.45) is 0 Å². The van der Waals surface area contributed by atoms with Gasteiger partial charge in [0.25, 0.3) is 5.91 Å². The van der Waals surface area contributed by atoms with E-state index in [1.54, 1.807) is 24.3 Å². The van der Waals surface area contributed by atoms with Gasteiger partial charge in [-0.25, -0.2) is 0 Å². The maximum absolute atomic E-state index is 12.1. The Morgan fingerprint density at radius 2 is 1.40 bits per heavy atom. The van der Waals surface area contributed by atoms with E-state index in [2.05, 4.69) is 17.6 Å². The van der Waals surface area contributed by atoms with Crippen LogP contribution in [0.2, 0.25) is 0 Å². The number of ether oxygens (including phenoxy) is 1. The monoisotopic (exact) mass is 402 g/mol. The van der Waals surface area contributed by atoms with E-state index >= 15 is 0 Å². The van der Waals surface area contributed by atoms with Crippen LogP contribution in [0.3, 0.4) is 0 Å². The summed E-state index contributed by atoms with van der Waals surface area (Å²) in [4.78, 5) is 24.2. The molecule has 5 nitrogen and oxygen atoms in total. The van der Waals surface area contributed by atoms with Crippen LogP contribution in [0.5, 0.6) is 5.75 Å². The number of hydrogen-bond donors (Lipinski definition) is 2. The first-order valence-electron chi connectivity index (χ1n) is 10.1. The molecule has 0 aliphatic heterocycles. The number of hydrogen-bond acceptors (Lipinski definition) is 3. The zero-order chi connectivity index (χ0) is 21.2. The third kappa shape index (κ3) is 6.78. The Morgan fingerprint density at radius 1 is 0.767 bits per heavy atom. The second-order valence-electron chi connectivity index (χ2n) is 6.95. The molecule has 0 unspecified atom stereocenters. The third-order valence-corrected chi connectivity index (χ3v) is 4.61. The lowest BCUT2D eigenvalue weighted by Crippen LogP contribution is -2.20. The second kappa shape index (κ2) is 10.8. The predicted molar refractivity (Wildman–Crippen MR) is 120 cm³/mol. The molecule has 0 saturated heterocycles. The van der Waals surface area contributed by atoms with Crippen molar-refractivity contribution in [2.45, 2.75) is 26.2 Å². The fraction of sp³-hybridized carbons (Fsp3) is 0.200. The summed E-state index contributed by atoms with van der Waals surface area (Å²) in [5.74, 6) is 0.396. The Kier molecular flexibility index (Phi) is 7.61. The largest absolute Gasteiger partial charge is 0.484 e. The predicted octanol–water partition coefficient (Wildman–Crippen LogP) is 4.84. The summed E-state index contributed by atoms with van der Waals surface area (Å²) < 4.78 is 5.55. The third-order valence-electron chi connectivity index (χ3n) is 4.61. The number of rotatable bonds is 9. The van der Waals surface area contributed by atoms with Crippen molar-refractivity contribution in [3.8, 4) is 5.75 Å². The van der Waals surface area contributed by atoms with Crippen LogP contribution in [0.4, 0.5) is 11.4 Å². The molecular weight excluding hydrogens is 376 g/mol. The first-order valence-corrected chi connectivity index (χ1v) is 10.1. The smallest absolute Gasteiger partial charge is 0.262 e. The topological polar surface area (TPSA) is 67.4 Å². The van der Waals surface area contributed by atoms with E-state index in [1.807, 2.05) is 54.6 Å². The van der Waals surface area contributed by atoms with E-state index < -0.39 is 0 Å². The maximum Gasteiger partial charge on any atom is 0.262 e. The van der Waals surface area contributed by atoms with Crippen molar-refractivity contribution in [1.82, 2.24) is 0 Å². The summed E-state index contributed by atoms with van der Waals surface area (Å²) in [6.07, 6.45) is 2.03. The molecule has 3 aromatic carbocycles. The summed E-state index contributed by atoms with van der Waals surface area (Å²) >= 11 is 0. The maximum atomic E-state index is 12.1. The molecule has 0 fully saturated rings. The van der Waals surface area contributed by atoms with Gasteiger partial charge in [-0.1, -0.05) is 49.4 Å². The lowest BCUT2D eigenvalue weighted by molar-refractivity contribution is -0.118. The molecule has 0 aliphatic rings. The second-order valence-corrected chi connectivity index (χ2v) is 6.95. The van der Waals surface area contributed by atoms with Crippen molar-refractivity contribution >= 4 is 23.2 Å². The van der Waals surface area contributed by atoms with Crippen molar-refractivity contribution in [3.05, 3.63) is 90.0 Å². The van der Waals surface area contributed by atoms with Crippen molar-refractivity contribution in [2.75, 3.05) is 17.2 Å². The first-order chi connectivity index (χ1) is 14.6. The average Bonchev–Trinajstić information content (AvgIpc) is 2.78. The summed E-state index contributed by atoms with van der Waals surface area (Å²) in [6.45, 7) is 2.01. The van der Waals surface area contributed by atoms with Gasteiger partial charge in [-0.3, -0.25) is 9.59 Å². The molecule has 0 aromatic heterocycles. The fourth-order valence-electron chi connectivity index (χ4n) is 2.96. The minimum Gasteiger partial charge on any atom is -0.484 e. The Morgan fingerprint density at radius 3 is 2.07 bits per heavy atom. The van der Waals surface area contributed by atoms with Crippen LogP contribution in [-0.2, 0) is 22.4 Å². The fourth-order valence-corrected chi connectivity index (χ4v) is 2.96. The number of nitrogens with one attached hydrogen (secondary N) is 2. The number of benzene rings is 3. The van der Waals surface area contributed by atoms with E-state index in [0.717, 1.165) is 17.5 Å². The summed E-state index contributed by atoms with van der Waals surface area (Å²) in [5.41, 5.74) is 3.63. The van der Waals surface area contributed by atoms with Gasteiger partial charge < -0.3 is 15.4 Å². The first kappa shape index (κ1) is 21.1. The van der Waals surface area contributed by atoms with Crippen LogP contribution >= 0.6 is 0 Å². The molecule has 30 heavy (non-hydrogen) atoms. The number of amides is 2. The zero-order valence-electron chi connectivity index (χ0n) is 17.1. The molecule has 5 heteroatoms. The molecule has 0 radical (unpaired) electrons. The molecular formula is C25H26N2O3. The normalized spacial score (nSPS) is 10.3. The van der Waals surface area contributed by atoms with Crippen molar-refractivity contribution < 1.29 is 14.3 Å². The van der Waals surface area contributed by atoms with Crippen molar-refractivity contribution in [3.63, 3.8) is 0 Å². The van der Waals surface area contributed by atoms with Gasteiger partial charge in [-0.2, -0.15) is 0 Å². The van der Waals surface area contributed by atoms with E-state index in [0.29, 0.717) is 30.0 Å². The summed E-state index contributed by atoms with van der Waals surface area (Å²) in [5, 5.41) is 5.67. The molecule has 3 aromatic rings. The van der Waals surface area contributed by atoms with Crippen LogP contribution in [0.15, 0.2) is 78.9 Å². The molecule has 3 rings (SSSR count). The molecule has 2 N–H and O–H groups in total. The van der Waals surface area contributed by atoms with Crippen LogP contribution in [-0.4, -0.2) is 18.4 Å². The summed E-state index contributed by atoms with van der Waals surface area (Å²) in [7, 11) is 0. The van der Waals surface area contributed by atoms with Gasteiger partial charge in [0.05, 0.1) is 0 Å². The zero-order valence-corrected chi connectivity index (χ0v) is 17.1. The Balaban J connectivity index is 1.43. The Hall–Kier alpha value is -3.60. The van der Waals surface area contributed by atoms with E-state index in [-0.39, 0.29) is 18.4 Å². The number of carbonyl (C=O) groups excluding carboxylic acids is 2. The van der Waals surface area contributed by atoms with Gasteiger partial charge in [0.2, 0.25) is 5.91 Å². The average molecular weight is 402 g/mol. The van der Waals surface area contributed by atoms with Crippen LogP contribution in [0.25, 0.3) is 0 Å². The standard InChI is InChI=1S/C25H26N2O3/c1-2-19-9-6-10-23(17-19)30-18-25(29)27-22-14-12-21(13-15-22)26-24(28)16-11-20-7-4-3-5-8-20/h3-10,12-15,17H,2,11,16,18H2,1H3,(H,26,28)(H,27,29). The van der Waals surface area contributed by atoms with Crippen LogP contribution in [0, 0.1) is 0 Å². The highest BCUT2D eigenvalue weighted by atomic mass is 16.5. The lowest BCUT2D eigenvalue weighted by Gasteiger charge is -2.10. The SMILES string of the molecule is CCc1cccc(OCC(=O)Nc2ccc(NC(=O)CCc3ccccc3)cc2)c1. The van der Waals surface area contributed by atoms with Gasteiger partial charge in [-0.15, -0.1) is 0 Å². The molecule has 0 bridgehead atoms. The highest BCUT2D eigenvalue weighted by Crippen LogP contribution is 2.16. The molecule has 0 saturated carbocycles. The van der Waals surface area contributed by atoms with Crippen LogP contribution < -0.4 is 15.4 Å². The molecule has 154 valence electrons. The lowest BCUT2D eigenvalue weighted by atomic mass is 10.1. The Labute approximate surface area is 177 Å². The highest BCUT2D eigenvalue weighted by molar-refractivity contribution is 5.93. The number of carbonyl (C=O) groups is 2. The van der Waals surface area contributed by atoms with Gasteiger partial charge in [0, 0.05) is 17.8 Å². The minimum absolute atomic E-state index is 0.0432. The van der Waals surface area contributed by atoms with Gasteiger partial charge in [-0.05, 0) is 60.4 Å². The number of aryl methyl sites for hydroxylation is 2. The molecule has 0 atom stereocenters. The Bertz CT molecular complexity index is 969. The minimum atomic E-state index is -0.239. The van der Waals surface area contributed by atoms with E-state index in [1.165, 1.54) is 0 Å². The number of anilines is 2. The van der Waals surface area contributed by atoms with E-state index in [4.69, 9.17) is 4.74 Å². The van der Waals surface area contributed by atoms with Crippen molar-refractivity contribution in [1.29, 1.82) is 0 Å². The molecule has 0 heterocycles. The quantitative estimate of drug-likeness (QED) is 0.538. The molecule has 0 spiro atoms. The van der Waals surface area contributed by atoms with Crippen LogP contribution in [0.1, 0.15) is 24.5 Å².